The summed E-state index contributed by atoms with van der Waals surface area (Å²) in [6.45, 7) is 0.460. The Labute approximate surface area is 218 Å². The van der Waals surface area contributed by atoms with Gasteiger partial charge in [0.05, 0.1) is 12.2 Å². The number of esters is 1. The molecular formula is C18H24N3O15P3. The Bertz CT molecular complexity index is 1480. The minimum Gasteiger partial charge on any atom is -0.456 e. The number of aryl methyl sites for hydroxylation is 1. The summed E-state index contributed by atoms with van der Waals surface area (Å²) < 4.78 is 58.7. The lowest BCUT2D eigenvalue weighted by molar-refractivity contribution is -0.0512. The minimum absolute atomic E-state index is 0.00339. The van der Waals surface area contributed by atoms with Gasteiger partial charge in [-0.15, -0.1) is 0 Å². The summed E-state index contributed by atoms with van der Waals surface area (Å²) in [6, 6.07) is 6.22. The third-order valence-electron chi connectivity index (χ3n) is 5.17. The smallest absolute Gasteiger partial charge is 0.456 e. The number of aromatic nitrogens is 2. The molecular weight excluding hydrogens is 591 g/mol. The van der Waals surface area contributed by atoms with Crippen LogP contribution in [0, 0.1) is 6.92 Å². The Morgan fingerprint density at radius 1 is 1.13 bits per heavy atom. The molecule has 1 fully saturated rings. The molecule has 21 heteroatoms. The predicted octanol–water partition coefficient (Wildman–Crippen LogP) is 0.160. The minimum atomic E-state index is -5.78. The van der Waals surface area contributed by atoms with Gasteiger partial charge in [0, 0.05) is 24.7 Å². The first kappa shape index (κ1) is 31.2. The fourth-order valence-electron chi connectivity index (χ4n) is 3.51. The number of aromatic amines is 1. The molecule has 1 aromatic carbocycles. The zero-order valence-corrected chi connectivity index (χ0v) is 22.6. The van der Waals surface area contributed by atoms with Crippen LogP contribution in [0.4, 0.5) is 0 Å². The summed E-state index contributed by atoms with van der Waals surface area (Å²) in [6.07, 6.45) is -2.86. The number of carbonyl (C=O) groups excluding carboxylic acids is 1. The van der Waals surface area contributed by atoms with Crippen molar-refractivity contribution in [3.05, 3.63) is 68.0 Å². The molecule has 0 bridgehead atoms. The first-order valence-electron chi connectivity index (χ1n) is 10.7. The zero-order valence-electron chi connectivity index (χ0n) is 19.9. The number of carbonyl (C=O) groups is 1. The predicted molar refractivity (Wildman–Crippen MR) is 128 cm³/mol. The fraction of sp³-hybridized carbons (Fsp3) is 0.389. The highest BCUT2D eigenvalue weighted by Gasteiger charge is 2.44. The van der Waals surface area contributed by atoms with Gasteiger partial charge < -0.3 is 34.8 Å². The van der Waals surface area contributed by atoms with E-state index in [-0.39, 0.29) is 24.1 Å². The second-order valence-electron chi connectivity index (χ2n) is 8.04. The van der Waals surface area contributed by atoms with E-state index in [9.17, 15) is 37.9 Å². The van der Waals surface area contributed by atoms with E-state index in [2.05, 4.69) is 18.1 Å². The molecule has 0 radical (unpaired) electrons. The van der Waals surface area contributed by atoms with Crippen LogP contribution in [0.5, 0.6) is 0 Å². The Morgan fingerprint density at radius 3 is 2.44 bits per heavy atom. The van der Waals surface area contributed by atoms with Crippen molar-refractivity contribution in [3.8, 4) is 0 Å². The highest BCUT2D eigenvalue weighted by atomic mass is 31.3. The Hall–Kier alpha value is -2.30. The maximum absolute atomic E-state index is 12.9. The molecule has 39 heavy (non-hydrogen) atoms. The van der Waals surface area contributed by atoms with E-state index in [1.165, 1.54) is 19.2 Å². The summed E-state index contributed by atoms with van der Waals surface area (Å²) >= 11 is 0. The van der Waals surface area contributed by atoms with Crippen LogP contribution >= 0.6 is 23.5 Å². The lowest BCUT2D eigenvalue weighted by Crippen LogP contribution is -2.33. The van der Waals surface area contributed by atoms with E-state index in [0.29, 0.717) is 5.56 Å². The van der Waals surface area contributed by atoms with Crippen molar-refractivity contribution in [2.75, 3.05) is 6.61 Å². The number of nitrogens with two attached hydrogens (primary N) is 1. The number of phosphoric ester groups is 1. The maximum Gasteiger partial charge on any atom is 0.490 e. The molecule has 1 aromatic heterocycles. The van der Waals surface area contributed by atoms with E-state index in [0.717, 1.165) is 4.57 Å². The monoisotopic (exact) mass is 615 g/mol. The highest BCUT2D eigenvalue weighted by Crippen LogP contribution is 2.66. The van der Waals surface area contributed by atoms with Gasteiger partial charge >= 0.3 is 35.1 Å². The number of benzene rings is 1. The van der Waals surface area contributed by atoms with Crippen LogP contribution in [-0.4, -0.2) is 53.9 Å². The molecule has 2 aromatic rings. The molecule has 0 aliphatic carbocycles. The number of rotatable bonds is 11. The van der Waals surface area contributed by atoms with Gasteiger partial charge in [0.1, 0.15) is 18.4 Å². The molecule has 7 N–H and O–H groups in total. The number of ether oxygens (including phenoxy) is 2. The Morgan fingerprint density at radius 2 is 1.79 bits per heavy atom. The summed E-state index contributed by atoms with van der Waals surface area (Å²) in [5.74, 6) is -0.862. The largest absolute Gasteiger partial charge is 0.490 e. The van der Waals surface area contributed by atoms with Crippen molar-refractivity contribution < 1.29 is 60.7 Å². The molecule has 2 heterocycles. The quantitative estimate of drug-likeness (QED) is 0.145. The normalized spacial score (nSPS) is 22.7. The van der Waals surface area contributed by atoms with Crippen LogP contribution in [0.1, 0.15) is 34.1 Å². The van der Waals surface area contributed by atoms with Crippen LogP contribution in [0.15, 0.2) is 40.1 Å². The molecule has 5 atom stereocenters. The molecule has 3 rings (SSSR count). The van der Waals surface area contributed by atoms with E-state index < -0.39 is 65.7 Å². The van der Waals surface area contributed by atoms with Crippen molar-refractivity contribution in [1.82, 2.24) is 9.55 Å². The molecule has 0 amide bonds. The SMILES string of the molecule is Cc1cn([C@H]2C[C@@H](OC(=O)c3ccccc3CN)C(COP(=O)(O)OP(=O)(O)OP(=O)(O)O)O2)c(=O)[nH]c1=O. The van der Waals surface area contributed by atoms with Crippen molar-refractivity contribution in [2.45, 2.75) is 38.3 Å². The third-order valence-corrected chi connectivity index (χ3v) is 8.97. The lowest BCUT2D eigenvalue weighted by Gasteiger charge is -2.21. The van der Waals surface area contributed by atoms with Gasteiger partial charge in [-0.3, -0.25) is 18.9 Å². The van der Waals surface area contributed by atoms with Crippen LogP contribution in [0.2, 0.25) is 0 Å². The van der Waals surface area contributed by atoms with Gasteiger partial charge in [-0.1, -0.05) is 18.2 Å². The van der Waals surface area contributed by atoms with Gasteiger partial charge in [0.25, 0.3) is 5.56 Å². The van der Waals surface area contributed by atoms with E-state index >= 15 is 0 Å². The highest BCUT2D eigenvalue weighted by molar-refractivity contribution is 7.66. The molecule has 216 valence electrons. The van der Waals surface area contributed by atoms with E-state index in [1.54, 1.807) is 18.2 Å². The van der Waals surface area contributed by atoms with Gasteiger partial charge in [-0.2, -0.15) is 8.62 Å². The summed E-state index contributed by atoms with van der Waals surface area (Å²) in [5, 5.41) is 0. The number of H-pyrrole nitrogens is 1. The first-order valence-corrected chi connectivity index (χ1v) is 15.3. The van der Waals surface area contributed by atoms with Gasteiger partial charge in [0.2, 0.25) is 0 Å². The van der Waals surface area contributed by atoms with E-state index in [1.807, 2.05) is 0 Å². The average Bonchev–Trinajstić information content (AvgIpc) is 3.20. The maximum atomic E-state index is 12.9. The van der Waals surface area contributed by atoms with Gasteiger partial charge in [-0.05, 0) is 18.6 Å². The number of nitrogens with one attached hydrogen (secondary N) is 1. The second-order valence-corrected chi connectivity index (χ2v) is 12.5. The third kappa shape index (κ3) is 8.59. The molecule has 1 aliphatic heterocycles. The fourth-order valence-corrected chi connectivity index (χ4v) is 6.54. The molecule has 1 saturated heterocycles. The standard InChI is InChI=1S/C18H24N3O15P3/c1-10-8-21(18(24)20-16(10)22)15-6-13(34-17(23)12-5-3-2-4-11(12)7-19)14(33-15)9-32-38(28,29)36-39(30,31)35-37(25,26)27/h2-5,8,13-15H,6-7,9,19H2,1H3,(H,28,29)(H,30,31)(H,20,22,24)(H2,25,26,27)/t13-,14?,15-/m1/s1. The number of phosphoric acid groups is 3. The van der Waals surface area contributed by atoms with E-state index in [4.69, 9.17) is 25.0 Å². The molecule has 0 spiro atoms. The van der Waals surface area contributed by atoms with Crippen LogP contribution in [0.3, 0.4) is 0 Å². The summed E-state index contributed by atoms with van der Waals surface area (Å²) in [7, 11) is -16.9. The van der Waals surface area contributed by atoms with Crippen molar-refractivity contribution in [2.24, 2.45) is 5.73 Å². The summed E-state index contributed by atoms with van der Waals surface area (Å²) in [5.41, 5.74) is 4.81. The molecule has 18 nitrogen and oxygen atoms in total. The zero-order chi connectivity index (χ0) is 29.2. The van der Waals surface area contributed by atoms with Crippen LogP contribution < -0.4 is 17.0 Å². The lowest BCUT2D eigenvalue weighted by atomic mass is 10.1. The Balaban J connectivity index is 1.83. The summed E-state index contributed by atoms with van der Waals surface area (Å²) in [4.78, 5) is 75.4. The van der Waals surface area contributed by atoms with Crippen LogP contribution in [-0.2, 0) is 42.9 Å². The number of hydrogen-bond donors (Lipinski definition) is 6. The average molecular weight is 615 g/mol. The van der Waals surface area contributed by atoms with Crippen molar-refractivity contribution in [3.63, 3.8) is 0 Å². The first-order chi connectivity index (χ1) is 18.0. The molecule has 1 aliphatic rings. The topological polar surface area (TPSA) is 276 Å². The van der Waals surface area contributed by atoms with Crippen LogP contribution in [0.25, 0.3) is 0 Å². The number of hydrogen-bond acceptors (Lipinski definition) is 12. The van der Waals surface area contributed by atoms with Crippen molar-refractivity contribution >= 4 is 29.4 Å². The Kier molecular flexibility index (Phi) is 9.66. The molecule has 3 unspecified atom stereocenters. The van der Waals surface area contributed by atoms with Gasteiger partial charge in [-0.25, -0.2) is 23.3 Å². The van der Waals surface area contributed by atoms with Gasteiger partial charge in [0.15, 0.2) is 0 Å². The second kappa shape index (κ2) is 12.1. The number of nitrogens with zero attached hydrogens (tertiary/aromatic N) is 1. The molecule has 0 saturated carbocycles. The van der Waals surface area contributed by atoms with Crippen molar-refractivity contribution in [1.29, 1.82) is 0 Å².